The zero-order valence-electron chi connectivity index (χ0n) is 12.6. The van der Waals surface area contributed by atoms with Crippen LogP contribution in [-0.4, -0.2) is 24.5 Å². The molecule has 0 atom stereocenters. The Balaban J connectivity index is 1.62. The second-order valence-corrected chi connectivity index (χ2v) is 6.99. The molecule has 5 nitrogen and oxygen atoms in total. The van der Waals surface area contributed by atoms with Gasteiger partial charge in [-0.25, -0.2) is 26.9 Å². The van der Waals surface area contributed by atoms with E-state index in [1.807, 2.05) is 29.0 Å². The van der Waals surface area contributed by atoms with E-state index in [4.69, 9.17) is 0 Å². The summed E-state index contributed by atoms with van der Waals surface area (Å²) in [6.07, 6.45) is 4.04. The van der Waals surface area contributed by atoms with Crippen LogP contribution in [0.3, 0.4) is 0 Å². The summed E-state index contributed by atoms with van der Waals surface area (Å²) in [5, 5.41) is 1.000. The van der Waals surface area contributed by atoms with Gasteiger partial charge in [-0.05, 0) is 42.8 Å². The van der Waals surface area contributed by atoms with Crippen LogP contribution in [0.25, 0.3) is 11.0 Å². The molecule has 0 amide bonds. The molecular formula is C16H15F2N3O2S. The van der Waals surface area contributed by atoms with E-state index in [-0.39, 0.29) is 6.54 Å². The maximum atomic E-state index is 13.6. The molecule has 2 aromatic heterocycles. The van der Waals surface area contributed by atoms with Gasteiger partial charge in [0.15, 0.2) is 0 Å². The van der Waals surface area contributed by atoms with E-state index in [9.17, 15) is 17.2 Å². The van der Waals surface area contributed by atoms with Gasteiger partial charge < -0.3 is 4.57 Å². The first-order valence-electron chi connectivity index (χ1n) is 7.32. The van der Waals surface area contributed by atoms with E-state index >= 15 is 0 Å². The van der Waals surface area contributed by atoms with E-state index in [2.05, 4.69) is 9.71 Å². The summed E-state index contributed by atoms with van der Waals surface area (Å²) in [5.41, 5.74) is 0.816. The van der Waals surface area contributed by atoms with E-state index in [0.29, 0.717) is 19.0 Å². The van der Waals surface area contributed by atoms with E-state index in [1.54, 1.807) is 6.20 Å². The second kappa shape index (κ2) is 6.66. The van der Waals surface area contributed by atoms with Crippen LogP contribution < -0.4 is 4.72 Å². The number of halogens is 2. The van der Waals surface area contributed by atoms with Gasteiger partial charge in [-0.2, -0.15) is 0 Å². The topological polar surface area (TPSA) is 64.0 Å². The first-order valence-corrected chi connectivity index (χ1v) is 8.80. The molecule has 0 spiro atoms. The largest absolute Gasteiger partial charge is 0.332 e. The summed E-state index contributed by atoms with van der Waals surface area (Å²) in [6.45, 7) is 0.652. The molecule has 2 heterocycles. The van der Waals surface area contributed by atoms with Crippen molar-refractivity contribution in [1.29, 1.82) is 0 Å². The fraction of sp³-hybridized carbons (Fsp3) is 0.188. The summed E-state index contributed by atoms with van der Waals surface area (Å²) in [7, 11) is -4.09. The molecule has 0 radical (unpaired) electrons. The van der Waals surface area contributed by atoms with Gasteiger partial charge in [0.05, 0.1) is 0 Å². The average Bonchev–Trinajstić information content (AvgIpc) is 2.97. The van der Waals surface area contributed by atoms with E-state index < -0.39 is 26.6 Å². The molecule has 3 rings (SSSR count). The monoisotopic (exact) mass is 351 g/mol. The van der Waals surface area contributed by atoms with Crippen molar-refractivity contribution in [2.75, 3.05) is 6.54 Å². The maximum absolute atomic E-state index is 13.6. The van der Waals surface area contributed by atoms with E-state index in [1.165, 1.54) is 0 Å². The Bertz CT molecular complexity index is 970. The van der Waals surface area contributed by atoms with Crippen molar-refractivity contribution >= 4 is 21.1 Å². The average molecular weight is 351 g/mol. The minimum Gasteiger partial charge on any atom is -0.332 e. The highest BCUT2D eigenvalue weighted by Crippen LogP contribution is 2.16. The molecule has 0 saturated carbocycles. The molecule has 24 heavy (non-hydrogen) atoms. The number of fused-ring (bicyclic) bond motifs is 1. The number of aromatic nitrogens is 2. The molecule has 0 aliphatic carbocycles. The van der Waals surface area contributed by atoms with Gasteiger partial charge in [-0.15, -0.1) is 0 Å². The number of nitrogens with zero attached hydrogens (tertiary/aromatic N) is 2. The Labute approximate surface area is 138 Å². The summed E-state index contributed by atoms with van der Waals surface area (Å²) in [5.74, 6) is -1.79. The molecule has 0 aliphatic rings. The molecule has 126 valence electrons. The summed E-state index contributed by atoms with van der Waals surface area (Å²) in [4.78, 5) is 3.59. The molecule has 1 aromatic carbocycles. The van der Waals surface area contributed by atoms with Gasteiger partial charge >= 0.3 is 0 Å². The second-order valence-electron chi connectivity index (χ2n) is 5.25. The van der Waals surface area contributed by atoms with Crippen molar-refractivity contribution in [1.82, 2.24) is 14.3 Å². The molecule has 0 fully saturated rings. The standard InChI is InChI=1S/C16H15F2N3O2S/c17-13-4-5-14(18)15(11-13)24(22,23)20-8-2-9-21-10-6-12-3-1-7-19-16(12)21/h1,3-7,10-11,20H,2,8-9H2. The molecule has 0 bridgehead atoms. The Kier molecular flexibility index (Phi) is 4.59. The van der Waals surface area contributed by atoms with Crippen LogP contribution in [0.4, 0.5) is 8.78 Å². The lowest BCUT2D eigenvalue weighted by Crippen LogP contribution is -2.26. The number of sulfonamides is 1. The quantitative estimate of drug-likeness (QED) is 0.695. The van der Waals surface area contributed by atoms with Gasteiger partial charge in [0, 0.05) is 30.9 Å². The summed E-state index contributed by atoms with van der Waals surface area (Å²) >= 11 is 0. The predicted octanol–water partition coefficient (Wildman–Crippen LogP) is 2.68. The van der Waals surface area contributed by atoms with Crippen LogP contribution in [0.2, 0.25) is 0 Å². The Morgan fingerprint density at radius 1 is 1.17 bits per heavy atom. The highest BCUT2D eigenvalue weighted by Gasteiger charge is 2.19. The summed E-state index contributed by atoms with van der Waals surface area (Å²) in [6, 6.07) is 8.04. The third-order valence-corrected chi connectivity index (χ3v) is 5.05. The Morgan fingerprint density at radius 3 is 2.83 bits per heavy atom. The van der Waals surface area contributed by atoms with Crippen molar-refractivity contribution < 1.29 is 17.2 Å². The molecule has 3 aromatic rings. The van der Waals surface area contributed by atoms with Gasteiger partial charge in [0.1, 0.15) is 22.2 Å². The molecule has 0 unspecified atom stereocenters. The fourth-order valence-electron chi connectivity index (χ4n) is 2.42. The van der Waals surface area contributed by atoms with Crippen LogP contribution in [0.15, 0.2) is 53.7 Å². The maximum Gasteiger partial charge on any atom is 0.243 e. The summed E-state index contributed by atoms with van der Waals surface area (Å²) < 4.78 is 55.0. The predicted molar refractivity (Wildman–Crippen MR) is 85.9 cm³/mol. The lowest BCUT2D eigenvalue weighted by Gasteiger charge is -2.09. The number of benzene rings is 1. The number of rotatable bonds is 6. The highest BCUT2D eigenvalue weighted by atomic mass is 32.2. The zero-order valence-corrected chi connectivity index (χ0v) is 13.4. The third-order valence-electron chi connectivity index (χ3n) is 3.57. The smallest absolute Gasteiger partial charge is 0.243 e. The van der Waals surface area contributed by atoms with Crippen molar-refractivity contribution in [2.24, 2.45) is 0 Å². The minimum absolute atomic E-state index is 0.102. The van der Waals surface area contributed by atoms with Gasteiger partial charge in [0.2, 0.25) is 10.0 Å². The number of aryl methyl sites for hydroxylation is 1. The Hall–Kier alpha value is -2.32. The lowest BCUT2D eigenvalue weighted by molar-refractivity contribution is 0.542. The van der Waals surface area contributed by atoms with Crippen molar-refractivity contribution in [3.05, 3.63) is 60.4 Å². The number of hydrogen-bond acceptors (Lipinski definition) is 3. The number of pyridine rings is 1. The van der Waals surface area contributed by atoms with Gasteiger partial charge in [-0.1, -0.05) is 0 Å². The Morgan fingerprint density at radius 2 is 2.00 bits per heavy atom. The molecule has 1 N–H and O–H groups in total. The van der Waals surface area contributed by atoms with Crippen LogP contribution in [0, 0.1) is 11.6 Å². The van der Waals surface area contributed by atoms with Crippen LogP contribution in [0.1, 0.15) is 6.42 Å². The highest BCUT2D eigenvalue weighted by molar-refractivity contribution is 7.89. The van der Waals surface area contributed by atoms with Gasteiger partial charge in [0.25, 0.3) is 0 Å². The van der Waals surface area contributed by atoms with Crippen LogP contribution in [-0.2, 0) is 16.6 Å². The zero-order chi connectivity index (χ0) is 17.2. The van der Waals surface area contributed by atoms with Crippen molar-refractivity contribution in [3.8, 4) is 0 Å². The van der Waals surface area contributed by atoms with Gasteiger partial charge in [-0.3, -0.25) is 0 Å². The first kappa shape index (κ1) is 16.5. The fourth-order valence-corrected chi connectivity index (χ4v) is 3.58. The van der Waals surface area contributed by atoms with E-state index in [0.717, 1.165) is 23.2 Å². The lowest BCUT2D eigenvalue weighted by atomic mass is 10.3. The number of nitrogens with one attached hydrogen (secondary N) is 1. The molecule has 0 aliphatic heterocycles. The molecule has 0 saturated heterocycles. The van der Waals surface area contributed by atoms with Crippen molar-refractivity contribution in [3.63, 3.8) is 0 Å². The third kappa shape index (κ3) is 3.44. The SMILES string of the molecule is O=S(=O)(NCCCn1ccc2cccnc21)c1cc(F)ccc1F. The minimum atomic E-state index is -4.09. The molecule has 8 heteroatoms. The van der Waals surface area contributed by atoms with Crippen molar-refractivity contribution in [2.45, 2.75) is 17.9 Å². The first-order chi connectivity index (χ1) is 11.5. The van der Waals surface area contributed by atoms with Crippen LogP contribution in [0.5, 0.6) is 0 Å². The molecular weight excluding hydrogens is 336 g/mol. The normalized spacial score (nSPS) is 11.9. The number of hydrogen-bond donors (Lipinski definition) is 1. The van der Waals surface area contributed by atoms with Crippen LogP contribution >= 0.6 is 0 Å².